The Kier molecular flexibility index (Phi) is 8.04. The maximum absolute atomic E-state index is 13.0. The molecule has 0 saturated carbocycles. The Bertz CT molecular complexity index is 1840. The summed E-state index contributed by atoms with van der Waals surface area (Å²) in [5.74, 6) is -0.654. The van der Waals surface area contributed by atoms with Gasteiger partial charge in [-0.05, 0) is 62.7 Å². The number of benzene rings is 1. The fourth-order valence-corrected chi connectivity index (χ4v) is 5.80. The third-order valence-corrected chi connectivity index (χ3v) is 8.05. The highest BCUT2D eigenvalue weighted by Crippen LogP contribution is 2.36. The summed E-state index contributed by atoms with van der Waals surface area (Å²) >= 11 is 0. The summed E-state index contributed by atoms with van der Waals surface area (Å²) in [7, 11) is 1.58. The number of halogens is 3. The van der Waals surface area contributed by atoms with Crippen LogP contribution in [0.4, 0.5) is 29.5 Å². The van der Waals surface area contributed by atoms with Crippen LogP contribution >= 0.6 is 0 Å². The van der Waals surface area contributed by atoms with E-state index in [0.29, 0.717) is 46.7 Å². The van der Waals surface area contributed by atoms with Crippen molar-refractivity contribution in [3.63, 3.8) is 0 Å². The maximum atomic E-state index is 13.0. The highest BCUT2D eigenvalue weighted by Gasteiger charge is 2.48. The van der Waals surface area contributed by atoms with E-state index in [1.54, 1.807) is 43.6 Å². The third kappa shape index (κ3) is 6.44. The molecular weight excluding hydrogens is 619 g/mol. The van der Waals surface area contributed by atoms with E-state index in [9.17, 15) is 28.0 Å². The number of anilines is 2. The molecule has 3 saturated heterocycles. The molecule has 1 aromatic carbocycles. The average Bonchev–Trinajstić information content (AvgIpc) is 3.46. The Hall–Kier alpha value is -5.52. The lowest BCUT2D eigenvalue weighted by atomic mass is 9.88. The molecule has 2 bridgehead atoms. The highest BCUT2D eigenvalue weighted by atomic mass is 19.4. The van der Waals surface area contributed by atoms with E-state index in [2.05, 4.69) is 31.1 Å². The smallest absolute Gasteiger partial charge is 0.490 e. The average molecular weight is 650 g/mol. The largest absolute Gasteiger partial charge is 0.497 e. The standard InChI is InChI=1S/C32H30F3N7O5/c1-31(2,47-29(43)32(33,34)35)18-46-25-11-26(28-20(12-36)14-38-41(28)17-25)19-4-9-27(37-13-19)40-15-22-10-23(16-40)42(22)30(44)39-21-5-7-24(45-3)8-6-21/h4-9,11,13-14,17,22-23H,10,15-16,18H2,1-3H3,(H,39,44). The van der Waals surface area contributed by atoms with E-state index in [4.69, 9.17) is 9.47 Å². The summed E-state index contributed by atoms with van der Waals surface area (Å²) < 4.78 is 55.1. The van der Waals surface area contributed by atoms with Crippen molar-refractivity contribution < 1.29 is 37.0 Å². The number of nitriles is 1. The third-order valence-electron chi connectivity index (χ3n) is 8.05. The first-order valence-corrected chi connectivity index (χ1v) is 14.6. The zero-order valence-electron chi connectivity index (χ0n) is 25.6. The van der Waals surface area contributed by atoms with Crippen molar-refractivity contribution in [2.75, 3.05) is 37.0 Å². The second kappa shape index (κ2) is 12.0. The van der Waals surface area contributed by atoms with Gasteiger partial charge in [0.15, 0.2) is 0 Å². The molecule has 15 heteroatoms. The van der Waals surface area contributed by atoms with Gasteiger partial charge < -0.3 is 29.3 Å². The first kappa shape index (κ1) is 31.5. The minimum atomic E-state index is -5.13. The summed E-state index contributed by atoms with van der Waals surface area (Å²) in [6.45, 7) is 3.45. The molecule has 0 radical (unpaired) electrons. The molecule has 2 amide bonds. The van der Waals surface area contributed by atoms with Crippen LogP contribution < -0.4 is 19.7 Å². The number of aromatic nitrogens is 3. The maximum Gasteiger partial charge on any atom is 0.490 e. The van der Waals surface area contributed by atoms with E-state index in [-0.39, 0.29) is 30.5 Å². The van der Waals surface area contributed by atoms with Crippen LogP contribution in [0.15, 0.2) is 61.1 Å². The summed E-state index contributed by atoms with van der Waals surface area (Å²) in [5, 5.41) is 16.9. The van der Waals surface area contributed by atoms with E-state index < -0.39 is 17.7 Å². The Morgan fingerprint density at radius 2 is 1.79 bits per heavy atom. The molecule has 3 fully saturated rings. The van der Waals surface area contributed by atoms with Gasteiger partial charge in [-0.1, -0.05) is 0 Å². The van der Waals surface area contributed by atoms with Crippen molar-refractivity contribution in [3.05, 3.63) is 66.6 Å². The first-order valence-electron chi connectivity index (χ1n) is 14.6. The van der Waals surface area contributed by atoms with Crippen molar-refractivity contribution in [1.29, 1.82) is 5.26 Å². The number of ether oxygens (including phenoxy) is 3. The number of amides is 2. The van der Waals surface area contributed by atoms with Gasteiger partial charge in [0.2, 0.25) is 0 Å². The molecule has 3 aliphatic rings. The van der Waals surface area contributed by atoms with Crippen molar-refractivity contribution in [3.8, 4) is 28.7 Å². The van der Waals surface area contributed by atoms with Crippen LogP contribution in [-0.2, 0) is 9.53 Å². The van der Waals surface area contributed by atoms with Crippen LogP contribution in [0.1, 0.15) is 25.8 Å². The number of nitrogens with zero attached hydrogens (tertiary/aromatic N) is 6. The van der Waals surface area contributed by atoms with Gasteiger partial charge in [0.25, 0.3) is 0 Å². The number of esters is 1. The van der Waals surface area contributed by atoms with Gasteiger partial charge in [0.05, 0.1) is 42.7 Å². The van der Waals surface area contributed by atoms with Crippen LogP contribution in [0.5, 0.6) is 11.5 Å². The SMILES string of the molecule is COc1ccc(NC(=O)N2C3CC2CN(c2ccc(-c4cc(OCC(C)(C)OC(=O)C(F)(F)F)cn5ncc(C#N)c45)cn2)C3)cc1. The lowest BCUT2D eigenvalue weighted by molar-refractivity contribution is -0.213. The fourth-order valence-electron chi connectivity index (χ4n) is 5.80. The van der Waals surface area contributed by atoms with Crippen molar-refractivity contribution in [1.82, 2.24) is 19.5 Å². The number of piperazine rings is 1. The predicted molar refractivity (Wildman–Crippen MR) is 163 cm³/mol. The number of nitrogens with one attached hydrogen (secondary N) is 1. The Balaban J connectivity index is 1.15. The Labute approximate surface area is 267 Å². The molecule has 3 aromatic heterocycles. The van der Waals surface area contributed by atoms with Crippen molar-refractivity contribution in [2.45, 2.75) is 44.1 Å². The van der Waals surface area contributed by atoms with Crippen LogP contribution in [-0.4, -0.2) is 82.2 Å². The zero-order valence-corrected chi connectivity index (χ0v) is 25.6. The molecule has 3 aliphatic heterocycles. The lowest BCUT2D eigenvalue weighted by Gasteiger charge is -2.56. The van der Waals surface area contributed by atoms with E-state index in [0.717, 1.165) is 12.2 Å². The van der Waals surface area contributed by atoms with Gasteiger partial charge in [-0.25, -0.2) is 19.1 Å². The number of fused-ring (bicyclic) bond motifs is 3. The molecule has 4 aromatic rings. The predicted octanol–water partition coefficient (Wildman–Crippen LogP) is 5.03. The number of carbonyl (C=O) groups excluding carboxylic acids is 2. The van der Waals surface area contributed by atoms with Crippen LogP contribution in [0, 0.1) is 11.3 Å². The van der Waals surface area contributed by atoms with Crippen molar-refractivity contribution >= 4 is 29.0 Å². The van der Waals surface area contributed by atoms with Crippen LogP contribution in [0.2, 0.25) is 0 Å². The summed E-state index contributed by atoms with van der Waals surface area (Å²) in [6, 6.07) is 14.5. The van der Waals surface area contributed by atoms with E-state index >= 15 is 0 Å². The number of rotatable bonds is 8. The molecule has 244 valence electrons. The molecule has 47 heavy (non-hydrogen) atoms. The minimum Gasteiger partial charge on any atom is -0.497 e. The molecule has 7 rings (SSSR count). The Morgan fingerprint density at radius 1 is 1.06 bits per heavy atom. The number of piperidine rings is 1. The number of pyridine rings is 2. The summed E-state index contributed by atoms with van der Waals surface area (Å²) in [4.78, 5) is 33.0. The fraction of sp³-hybridized carbons (Fsp3) is 0.344. The molecular formula is C32H30F3N7O5. The molecule has 6 heterocycles. The monoisotopic (exact) mass is 649 g/mol. The molecule has 0 spiro atoms. The first-order chi connectivity index (χ1) is 22.3. The van der Waals surface area contributed by atoms with Gasteiger partial charge in [0.1, 0.15) is 35.6 Å². The number of alkyl halides is 3. The minimum absolute atomic E-state index is 0.0339. The molecule has 12 nitrogen and oxygen atoms in total. The number of urea groups is 1. The summed E-state index contributed by atoms with van der Waals surface area (Å²) in [5.41, 5.74) is 1.10. The van der Waals surface area contributed by atoms with Gasteiger partial charge in [-0.2, -0.15) is 23.5 Å². The van der Waals surface area contributed by atoms with Gasteiger partial charge in [0, 0.05) is 36.1 Å². The van der Waals surface area contributed by atoms with Gasteiger partial charge in [-0.15, -0.1) is 0 Å². The van der Waals surface area contributed by atoms with Gasteiger partial charge in [-0.3, -0.25) is 0 Å². The normalized spacial score (nSPS) is 17.5. The zero-order chi connectivity index (χ0) is 33.5. The van der Waals surface area contributed by atoms with Crippen LogP contribution in [0.25, 0.3) is 16.6 Å². The Morgan fingerprint density at radius 3 is 2.40 bits per heavy atom. The summed E-state index contributed by atoms with van der Waals surface area (Å²) in [6.07, 6.45) is 0.313. The molecule has 2 atom stereocenters. The second-order valence-electron chi connectivity index (χ2n) is 11.9. The van der Waals surface area contributed by atoms with Gasteiger partial charge >= 0.3 is 18.2 Å². The molecule has 1 N–H and O–H groups in total. The van der Waals surface area contributed by atoms with Crippen molar-refractivity contribution in [2.24, 2.45) is 0 Å². The highest BCUT2D eigenvalue weighted by molar-refractivity contribution is 5.91. The van der Waals surface area contributed by atoms with Crippen LogP contribution in [0.3, 0.4) is 0 Å². The number of carbonyl (C=O) groups is 2. The second-order valence-corrected chi connectivity index (χ2v) is 11.9. The van der Waals surface area contributed by atoms with E-state index in [1.165, 1.54) is 30.8 Å². The van der Waals surface area contributed by atoms with E-state index in [1.807, 2.05) is 17.0 Å². The number of methoxy groups -OCH3 is 1. The topological polar surface area (TPSA) is 134 Å². The molecule has 2 unspecified atom stereocenters. The quantitative estimate of drug-likeness (QED) is 0.261. The number of hydrogen-bond donors (Lipinski definition) is 1. The number of hydrogen-bond acceptors (Lipinski definition) is 9. The lowest BCUT2D eigenvalue weighted by Crippen LogP contribution is -2.71. The molecule has 0 aliphatic carbocycles.